The molecule has 2 N–H and O–H groups in total. The highest BCUT2D eigenvalue weighted by molar-refractivity contribution is 5.88. The van der Waals surface area contributed by atoms with Crippen molar-refractivity contribution in [2.24, 2.45) is 7.05 Å². The predicted octanol–water partition coefficient (Wildman–Crippen LogP) is 0.801. The van der Waals surface area contributed by atoms with Crippen LogP contribution in [-0.4, -0.2) is 40.6 Å². The van der Waals surface area contributed by atoms with E-state index < -0.39 is 5.97 Å². The van der Waals surface area contributed by atoms with Gasteiger partial charge in [-0.25, -0.2) is 4.79 Å². The van der Waals surface area contributed by atoms with Gasteiger partial charge in [-0.1, -0.05) is 6.08 Å². The van der Waals surface area contributed by atoms with Gasteiger partial charge in [-0.15, -0.1) is 6.58 Å². The largest absolute Gasteiger partial charge is 0.478 e. The Morgan fingerprint density at radius 2 is 2.44 bits per heavy atom. The molecule has 0 aromatic carbocycles. The molecule has 0 saturated carbocycles. The summed E-state index contributed by atoms with van der Waals surface area (Å²) in [7, 11) is 1.73. The zero-order valence-electron chi connectivity index (χ0n) is 10.6. The average molecular weight is 253 g/mol. The molecule has 1 aromatic heterocycles. The molecule has 1 rings (SSSR count). The fourth-order valence-corrected chi connectivity index (χ4v) is 1.47. The SMILES string of the molecule is C=CCCOCCNCc1c(C(=O)O)cnn1C. The summed E-state index contributed by atoms with van der Waals surface area (Å²) in [5, 5.41) is 16.0. The lowest BCUT2D eigenvalue weighted by atomic mass is 10.2. The lowest BCUT2D eigenvalue weighted by Crippen LogP contribution is -2.22. The van der Waals surface area contributed by atoms with Gasteiger partial charge in [0, 0.05) is 20.1 Å². The molecular formula is C12H19N3O3. The van der Waals surface area contributed by atoms with Gasteiger partial charge in [0.2, 0.25) is 0 Å². The van der Waals surface area contributed by atoms with Gasteiger partial charge in [-0.05, 0) is 6.42 Å². The predicted molar refractivity (Wildman–Crippen MR) is 67.5 cm³/mol. The number of aromatic carboxylic acids is 1. The summed E-state index contributed by atoms with van der Waals surface area (Å²) in [6.07, 6.45) is 4.01. The summed E-state index contributed by atoms with van der Waals surface area (Å²) in [5.74, 6) is -0.956. The quantitative estimate of drug-likeness (QED) is 0.503. The second-order valence-corrected chi connectivity index (χ2v) is 3.80. The summed E-state index contributed by atoms with van der Waals surface area (Å²) in [6, 6.07) is 0. The molecule has 0 aliphatic heterocycles. The third kappa shape index (κ3) is 4.31. The van der Waals surface area contributed by atoms with Gasteiger partial charge in [0.25, 0.3) is 0 Å². The van der Waals surface area contributed by atoms with E-state index in [-0.39, 0.29) is 5.56 Å². The van der Waals surface area contributed by atoms with Gasteiger partial charge in [0.1, 0.15) is 5.56 Å². The van der Waals surface area contributed by atoms with Crippen LogP contribution < -0.4 is 5.32 Å². The Balaban J connectivity index is 2.29. The maximum atomic E-state index is 10.9. The molecule has 0 spiro atoms. The van der Waals surface area contributed by atoms with Crippen molar-refractivity contribution in [3.8, 4) is 0 Å². The van der Waals surface area contributed by atoms with Gasteiger partial charge in [-0.2, -0.15) is 5.10 Å². The molecule has 0 bridgehead atoms. The number of carboxylic acid groups (broad SMARTS) is 1. The zero-order chi connectivity index (χ0) is 13.4. The third-order valence-electron chi connectivity index (χ3n) is 2.47. The van der Waals surface area contributed by atoms with Crippen LogP contribution >= 0.6 is 0 Å². The number of aromatic nitrogens is 2. The van der Waals surface area contributed by atoms with Crippen LogP contribution in [0.1, 0.15) is 22.5 Å². The molecule has 0 aliphatic carbocycles. The summed E-state index contributed by atoms with van der Waals surface area (Å²) in [4.78, 5) is 10.9. The Bertz CT molecular complexity index is 401. The Kier molecular flexibility index (Phi) is 6.10. The normalized spacial score (nSPS) is 10.5. The van der Waals surface area contributed by atoms with Crippen molar-refractivity contribution < 1.29 is 14.6 Å². The number of nitrogens with zero attached hydrogens (tertiary/aromatic N) is 2. The standard InChI is InChI=1S/C12H19N3O3/c1-3-4-6-18-7-5-13-9-11-10(12(16)17)8-14-15(11)2/h3,8,13H,1,4-7,9H2,2H3,(H,16,17). The van der Waals surface area contributed by atoms with E-state index in [9.17, 15) is 4.79 Å². The molecule has 1 aromatic rings. The number of nitrogens with one attached hydrogen (secondary N) is 1. The van der Waals surface area contributed by atoms with Gasteiger partial charge >= 0.3 is 5.97 Å². The van der Waals surface area contributed by atoms with Crippen LogP contribution in [0.5, 0.6) is 0 Å². The molecule has 1 heterocycles. The first-order chi connectivity index (χ1) is 8.66. The van der Waals surface area contributed by atoms with Crippen molar-refractivity contribution in [2.75, 3.05) is 19.8 Å². The highest BCUT2D eigenvalue weighted by Gasteiger charge is 2.13. The second kappa shape index (κ2) is 7.62. The van der Waals surface area contributed by atoms with Crippen LogP contribution in [0.15, 0.2) is 18.9 Å². The third-order valence-corrected chi connectivity index (χ3v) is 2.47. The minimum absolute atomic E-state index is 0.234. The topological polar surface area (TPSA) is 76.4 Å². The molecule has 6 heteroatoms. The lowest BCUT2D eigenvalue weighted by molar-refractivity contribution is 0.0695. The van der Waals surface area contributed by atoms with E-state index in [1.165, 1.54) is 6.20 Å². The van der Waals surface area contributed by atoms with Crippen LogP contribution in [0.4, 0.5) is 0 Å². The number of rotatable bonds is 9. The Hall–Kier alpha value is -1.66. The van der Waals surface area contributed by atoms with Crippen LogP contribution in [0, 0.1) is 0 Å². The minimum atomic E-state index is -0.956. The first-order valence-electron chi connectivity index (χ1n) is 5.80. The molecule has 0 saturated heterocycles. The number of aryl methyl sites for hydroxylation is 1. The maximum absolute atomic E-state index is 10.9. The zero-order valence-corrected chi connectivity index (χ0v) is 10.6. The first-order valence-corrected chi connectivity index (χ1v) is 5.80. The van der Waals surface area contributed by atoms with E-state index in [0.717, 1.165) is 6.42 Å². The molecule has 18 heavy (non-hydrogen) atoms. The maximum Gasteiger partial charge on any atom is 0.339 e. The molecule has 0 amide bonds. The second-order valence-electron chi connectivity index (χ2n) is 3.80. The Morgan fingerprint density at radius 1 is 1.67 bits per heavy atom. The van der Waals surface area contributed by atoms with Gasteiger partial charge in [0.15, 0.2) is 0 Å². The highest BCUT2D eigenvalue weighted by Crippen LogP contribution is 2.06. The first kappa shape index (κ1) is 14.4. The molecule has 0 atom stereocenters. The van der Waals surface area contributed by atoms with E-state index in [2.05, 4.69) is 17.0 Å². The van der Waals surface area contributed by atoms with Crippen LogP contribution in [0.25, 0.3) is 0 Å². The van der Waals surface area contributed by atoms with E-state index in [0.29, 0.717) is 32.0 Å². The summed E-state index contributed by atoms with van der Waals surface area (Å²) in [5.41, 5.74) is 0.895. The smallest absolute Gasteiger partial charge is 0.339 e. The molecule has 0 radical (unpaired) electrons. The summed E-state index contributed by atoms with van der Waals surface area (Å²) in [6.45, 7) is 5.99. The van der Waals surface area contributed by atoms with Crippen molar-refractivity contribution >= 4 is 5.97 Å². The number of hydrogen-bond donors (Lipinski definition) is 2. The molecule has 0 fully saturated rings. The Morgan fingerprint density at radius 3 is 3.11 bits per heavy atom. The fraction of sp³-hybridized carbons (Fsp3) is 0.500. The number of carboxylic acids is 1. The molecule has 0 aliphatic rings. The number of hydrogen-bond acceptors (Lipinski definition) is 4. The van der Waals surface area contributed by atoms with E-state index in [4.69, 9.17) is 9.84 Å². The van der Waals surface area contributed by atoms with Crippen molar-refractivity contribution in [3.63, 3.8) is 0 Å². The highest BCUT2D eigenvalue weighted by atomic mass is 16.5. The summed E-state index contributed by atoms with van der Waals surface area (Å²) < 4.78 is 6.89. The monoisotopic (exact) mass is 253 g/mol. The molecule has 100 valence electrons. The van der Waals surface area contributed by atoms with Crippen molar-refractivity contribution in [1.82, 2.24) is 15.1 Å². The minimum Gasteiger partial charge on any atom is -0.478 e. The molecular weight excluding hydrogens is 234 g/mol. The van der Waals surface area contributed by atoms with Crippen LogP contribution in [0.3, 0.4) is 0 Å². The number of carbonyl (C=O) groups is 1. The number of ether oxygens (including phenoxy) is 1. The average Bonchev–Trinajstić information content (AvgIpc) is 2.70. The van der Waals surface area contributed by atoms with Crippen LogP contribution in [0.2, 0.25) is 0 Å². The van der Waals surface area contributed by atoms with Gasteiger partial charge < -0.3 is 15.2 Å². The van der Waals surface area contributed by atoms with E-state index in [1.54, 1.807) is 11.7 Å². The van der Waals surface area contributed by atoms with Crippen molar-refractivity contribution in [3.05, 3.63) is 30.1 Å². The van der Waals surface area contributed by atoms with E-state index in [1.807, 2.05) is 6.08 Å². The molecule has 0 unspecified atom stereocenters. The van der Waals surface area contributed by atoms with Crippen molar-refractivity contribution in [1.29, 1.82) is 0 Å². The van der Waals surface area contributed by atoms with Crippen molar-refractivity contribution in [2.45, 2.75) is 13.0 Å². The summed E-state index contributed by atoms with van der Waals surface area (Å²) >= 11 is 0. The molecule has 6 nitrogen and oxygen atoms in total. The van der Waals surface area contributed by atoms with Gasteiger partial charge in [0.05, 0.1) is 25.1 Å². The van der Waals surface area contributed by atoms with Gasteiger partial charge in [-0.3, -0.25) is 4.68 Å². The fourth-order valence-electron chi connectivity index (χ4n) is 1.47. The lowest BCUT2D eigenvalue weighted by Gasteiger charge is -2.07. The Labute approximate surface area is 106 Å². The van der Waals surface area contributed by atoms with Crippen LogP contribution in [-0.2, 0) is 18.3 Å². The van der Waals surface area contributed by atoms with E-state index >= 15 is 0 Å².